The minimum Gasteiger partial charge on any atom is -0.437 e. The van der Waals surface area contributed by atoms with Crippen LogP contribution in [-0.2, 0) is 10.3 Å². The Balaban J connectivity index is 2.04. The van der Waals surface area contributed by atoms with Crippen molar-refractivity contribution in [1.82, 2.24) is 5.32 Å². The number of rotatable bonds is 3. The number of anilines is 1. The Kier molecular flexibility index (Phi) is 4.09. The molecule has 1 saturated heterocycles. The number of nitrogens with one attached hydrogen (secondary N) is 1. The van der Waals surface area contributed by atoms with E-state index in [2.05, 4.69) is 12.2 Å². The van der Waals surface area contributed by atoms with Gasteiger partial charge in [0, 0.05) is 30.0 Å². The number of unbranched alkanes of at least 4 members (excludes halogenated alkanes) is 1. The number of carbonyl (C=O) groups excluding carboxylic acids is 1. The number of nitrogens with zero attached hydrogens (tertiary/aromatic N) is 1. The zero-order valence-corrected chi connectivity index (χ0v) is 13.1. The van der Waals surface area contributed by atoms with Gasteiger partial charge in [-0.25, -0.2) is 4.79 Å². The summed E-state index contributed by atoms with van der Waals surface area (Å²) in [6.07, 6.45) is 3.38. The molecule has 4 nitrogen and oxygen atoms in total. The van der Waals surface area contributed by atoms with Crippen LogP contribution in [0.5, 0.6) is 0 Å². The highest BCUT2D eigenvalue weighted by atomic mass is 35.5. The number of hydrogen-bond donors (Lipinski definition) is 1. The van der Waals surface area contributed by atoms with Crippen molar-refractivity contribution in [2.45, 2.75) is 38.2 Å². The molecule has 2 aliphatic rings. The predicted molar refractivity (Wildman–Crippen MR) is 84.0 cm³/mol. The van der Waals surface area contributed by atoms with Crippen LogP contribution in [0.4, 0.5) is 10.5 Å². The average molecular weight is 309 g/mol. The molecule has 2 heterocycles. The fourth-order valence-electron chi connectivity index (χ4n) is 3.21. The van der Waals surface area contributed by atoms with Gasteiger partial charge < -0.3 is 10.1 Å². The van der Waals surface area contributed by atoms with E-state index >= 15 is 0 Å². The first-order valence-corrected chi connectivity index (χ1v) is 8.05. The fraction of sp³-hybridized carbons (Fsp3) is 0.562. The SMILES string of the molecule is CCCCN1C(=O)OC2(CCNCC2)c2cc(Cl)ccc21. The van der Waals surface area contributed by atoms with Crippen molar-refractivity contribution in [3.63, 3.8) is 0 Å². The van der Waals surface area contributed by atoms with E-state index in [1.165, 1.54) is 0 Å². The van der Waals surface area contributed by atoms with E-state index in [4.69, 9.17) is 16.3 Å². The van der Waals surface area contributed by atoms with Crippen molar-refractivity contribution >= 4 is 23.4 Å². The third-order valence-electron chi connectivity index (χ3n) is 4.39. The second-order valence-electron chi connectivity index (χ2n) is 5.78. The van der Waals surface area contributed by atoms with Crippen LogP contribution in [0, 0.1) is 0 Å². The van der Waals surface area contributed by atoms with Crippen LogP contribution < -0.4 is 10.2 Å². The summed E-state index contributed by atoms with van der Waals surface area (Å²) >= 11 is 6.19. The number of ether oxygens (including phenoxy) is 1. The third-order valence-corrected chi connectivity index (χ3v) is 4.62. The van der Waals surface area contributed by atoms with Gasteiger partial charge in [-0.1, -0.05) is 24.9 Å². The van der Waals surface area contributed by atoms with Crippen LogP contribution in [0.2, 0.25) is 5.02 Å². The Labute approximate surface area is 130 Å². The van der Waals surface area contributed by atoms with Crippen molar-refractivity contribution < 1.29 is 9.53 Å². The number of amides is 1. The third kappa shape index (κ3) is 2.62. The largest absolute Gasteiger partial charge is 0.437 e. The van der Waals surface area contributed by atoms with E-state index in [9.17, 15) is 4.79 Å². The highest BCUT2D eigenvalue weighted by molar-refractivity contribution is 6.30. The summed E-state index contributed by atoms with van der Waals surface area (Å²) in [5.74, 6) is 0. The monoisotopic (exact) mass is 308 g/mol. The average Bonchev–Trinajstić information content (AvgIpc) is 2.49. The van der Waals surface area contributed by atoms with Gasteiger partial charge in [-0.15, -0.1) is 0 Å². The molecule has 114 valence electrons. The summed E-state index contributed by atoms with van der Waals surface area (Å²) in [6, 6.07) is 5.78. The Bertz CT molecular complexity index is 541. The van der Waals surface area contributed by atoms with Crippen molar-refractivity contribution in [2.24, 2.45) is 0 Å². The smallest absolute Gasteiger partial charge is 0.415 e. The van der Waals surface area contributed by atoms with E-state index in [0.717, 1.165) is 50.0 Å². The Morgan fingerprint density at radius 2 is 2.14 bits per heavy atom. The summed E-state index contributed by atoms with van der Waals surface area (Å²) in [5.41, 5.74) is 1.52. The van der Waals surface area contributed by atoms with Crippen LogP contribution in [0.3, 0.4) is 0 Å². The number of hydrogen-bond acceptors (Lipinski definition) is 3. The molecule has 0 aromatic heterocycles. The molecule has 1 N–H and O–H groups in total. The summed E-state index contributed by atoms with van der Waals surface area (Å²) in [7, 11) is 0. The maximum atomic E-state index is 12.5. The summed E-state index contributed by atoms with van der Waals surface area (Å²) in [5, 5.41) is 4.02. The maximum absolute atomic E-state index is 12.5. The second kappa shape index (κ2) is 5.85. The molecule has 1 aromatic carbocycles. The quantitative estimate of drug-likeness (QED) is 0.926. The number of halogens is 1. The molecule has 3 rings (SSSR count). The van der Waals surface area contributed by atoms with E-state index in [1.54, 1.807) is 4.90 Å². The van der Waals surface area contributed by atoms with E-state index in [0.29, 0.717) is 11.6 Å². The Morgan fingerprint density at radius 1 is 1.38 bits per heavy atom. The van der Waals surface area contributed by atoms with Crippen molar-refractivity contribution in [2.75, 3.05) is 24.5 Å². The molecule has 0 atom stereocenters. The molecule has 1 spiro atoms. The minimum absolute atomic E-state index is 0.222. The molecule has 0 bridgehead atoms. The van der Waals surface area contributed by atoms with Gasteiger partial charge in [0.1, 0.15) is 5.60 Å². The van der Waals surface area contributed by atoms with Crippen LogP contribution in [0.25, 0.3) is 0 Å². The van der Waals surface area contributed by atoms with Crippen LogP contribution in [0.15, 0.2) is 18.2 Å². The predicted octanol–water partition coefficient (Wildman–Crippen LogP) is 3.68. The molecular weight excluding hydrogens is 288 g/mol. The van der Waals surface area contributed by atoms with E-state index in [1.807, 2.05) is 18.2 Å². The Morgan fingerprint density at radius 3 is 2.86 bits per heavy atom. The molecule has 0 unspecified atom stereocenters. The number of fused-ring (bicyclic) bond motifs is 2. The summed E-state index contributed by atoms with van der Waals surface area (Å²) in [6.45, 7) is 4.52. The van der Waals surface area contributed by atoms with Gasteiger partial charge in [-0.2, -0.15) is 0 Å². The van der Waals surface area contributed by atoms with Gasteiger partial charge in [-0.05, 0) is 37.7 Å². The zero-order valence-electron chi connectivity index (χ0n) is 12.3. The molecule has 0 radical (unpaired) electrons. The first kappa shape index (κ1) is 14.7. The lowest BCUT2D eigenvalue weighted by Crippen LogP contribution is -2.50. The lowest BCUT2D eigenvalue weighted by atomic mass is 9.82. The van der Waals surface area contributed by atoms with Crippen molar-refractivity contribution in [1.29, 1.82) is 0 Å². The molecule has 1 aromatic rings. The lowest BCUT2D eigenvalue weighted by molar-refractivity contribution is -0.0178. The maximum Gasteiger partial charge on any atom is 0.415 e. The number of piperidine rings is 1. The van der Waals surface area contributed by atoms with E-state index in [-0.39, 0.29) is 6.09 Å². The van der Waals surface area contributed by atoms with Gasteiger partial charge in [0.2, 0.25) is 0 Å². The topological polar surface area (TPSA) is 41.6 Å². The molecule has 0 saturated carbocycles. The summed E-state index contributed by atoms with van der Waals surface area (Å²) < 4.78 is 5.89. The molecular formula is C16H21ClN2O2. The number of benzene rings is 1. The highest BCUT2D eigenvalue weighted by Gasteiger charge is 2.45. The van der Waals surface area contributed by atoms with Crippen molar-refractivity contribution in [3.05, 3.63) is 28.8 Å². The summed E-state index contributed by atoms with van der Waals surface area (Å²) in [4.78, 5) is 14.2. The number of carbonyl (C=O) groups is 1. The zero-order chi connectivity index (χ0) is 14.9. The highest BCUT2D eigenvalue weighted by Crippen LogP contribution is 2.45. The van der Waals surface area contributed by atoms with Crippen molar-refractivity contribution in [3.8, 4) is 0 Å². The molecule has 5 heteroatoms. The Hall–Kier alpha value is -1.26. The van der Waals surface area contributed by atoms with Gasteiger partial charge in [0.05, 0.1) is 5.69 Å². The standard InChI is InChI=1S/C16H21ClN2O2/c1-2-3-10-19-14-5-4-12(17)11-13(14)16(21-15(19)20)6-8-18-9-7-16/h4-5,11,18H,2-3,6-10H2,1H3. The van der Waals surface area contributed by atoms with Gasteiger partial charge >= 0.3 is 6.09 Å². The molecule has 2 aliphatic heterocycles. The van der Waals surface area contributed by atoms with Crippen LogP contribution in [-0.4, -0.2) is 25.7 Å². The first-order valence-electron chi connectivity index (χ1n) is 7.67. The molecule has 0 aliphatic carbocycles. The first-order chi connectivity index (χ1) is 10.2. The molecule has 1 amide bonds. The molecule has 1 fully saturated rings. The molecule has 21 heavy (non-hydrogen) atoms. The van der Waals surface area contributed by atoms with Gasteiger partial charge in [-0.3, -0.25) is 4.90 Å². The normalized spacial score (nSPS) is 20.3. The van der Waals surface area contributed by atoms with Gasteiger partial charge in [0.25, 0.3) is 0 Å². The fourth-order valence-corrected chi connectivity index (χ4v) is 3.39. The minimum atomic E-state index is -0.509. The van der Waals surface area contributed by atoms with Crippen LogP contribution >= 0.6 is 11.6 Å². The van der Waals surface area contributed by atoms with Crippen LogP contribution in [0.1, 0.15) is 38.2 Å². The second-order valence-corrected chi connectivity index (χ2v) is 6.22. The van der Waals surface area contributed by atoms with Gasteiger partial charge in [0.15, 0.2) is 0 Å². The van der Waals surface area contributed by atoms with E-state index < -0.39 is 5.60 Å². The lowest BCUT2D eigenvalue weighted by Gasteiger charge is -2.44.